The van der Waals surface area contributed by atoms with Gasteiger partial charge in [-0.1, -0.05) is 18.2 Å². The number of carboxylic acid groups (broad SMARTS) is 1. The highest BCUT2D eigenvalue weighted by Crippen LogP contribution is 2.24. The summed E-state index contributed by atoms with van der Waals surface area (Å²) in [7, 11) is 0. The highest BCUT2D eigenvalue weighted by Gasteiger charge is 2.16. The molecule has 0 bridgehead atoms. The molecule has 112 valence electrons. The molecule has 2 aromatic rings. The number of fused-ring (bicyclic) bond motifs is 1. The molecule has 0 amide bonds. The number of hydrogen-bond donors (Lipinski definition) is 1. The van der Waals surface area contributed by atoms with Crippen molar-refractivity contribution in [2.75, 3.05) is 32.8 Å². The summed E-state index contributed by atoms with van der Waals surface area (Å²) >= 11 is 0. The largest absolute Gasteiger partial charge is 0.478 e. The average molecular weight is 288 g/mol. The molecule has 0 aliphatic carbocycles. The van der Waals surface area contributed by atoms with Crippen LogP contribution in [0.3, 0.4) is 0 Å². The molecule has 5 nitrogen and oxygen atoms in total. The maximum atomic E-state index is 11.4. The Morgan fingerprint density at radius 2 is 2.05 bits per heavy atom. The van der Waals surface area contributed by atoms with E-state index in [1.807, 2.05) is 25.1 Å². The normalized spacial score (nSPS) is 16.4. The zero-order chi connectivity index (χ0) is 14.8. The number of aryl methyl sites for hydroxylation is 1. The quantitative estimate of drug-likeness (QED) is 0.934. The van der Waals surface area contributed by atoms with Crippen LogP contribution in [-0.4, -0.2) is 53.4 Å². The second kappa shape index (κ2) is 5.87. The third kappa shape index (κ3) is 2.80. The molecule has 1 fully saturated rings. The first-order valence-corrected chi connectivity index (χ1v) is 7.28. The fraction of sp³-hybridized carbons (Fsp3) is 0.438. The number of hydrogen-bond acceptors (Lipinski definition) is 3. The number of aromatic carboxylic acids is 1. The first-order valence-electron chi connectivity index (χ1n) is 7.28. The van der Waals surface area contributed by atoms with Gasteiger partial charge in [0.2, 0.25) is 0 Å². The fourth-order valence-electron chi connectivity index (χ4n) is 2.97. The molecule has 21 heavy (non-hydrogen) atoms. The van der Waals surface area contributed by atoms with Crippen LogP contribution in [0.1, 0.15) is 15.9 Å². The van der Waals surface area contributed by atoms with Crippen LogP contribution >= 0.6 is 0 Å². The van der Waals surface area contributed by atoms with Gasteiger partial charge in [-0.15, -0.1) is 0 Å². The lowest BCUT2D eigenvalue weighted by Crippen LogP contribution is -2.38. The number of morpholine rings is 1. The van der Waals surface area contributed by atoms with Crippen molar-refractivity contribution >= 4 is 16.9 Å². The summed E-state index contributed by atoms with van der Waals surface area (Å²) in [5.41, 5.74) is 2.53. The van der Waals surface area contributed by atoms with E-state index in [0.717, 1.165) is 55.9 Å². The molecule has 0 spiro atoms. The van der Waals surface area contributed by atoms with Crippen LogP contribution in [0.2, 0.25) is 0 Å². The summed E-state index contributed by atoms with van der Waals surface area (Å²) in [6.45, 7) is 7.21. The minimum atomic E-state index is -0.865. The lowest BCUT2D eigenvalue weighted by atomic mass is 10.1. The Labute approximate surface area is 123 Å². The molecule has 3 rings (SSSR count). The van der Waals surface area contributed by atoms with E-state index in [1.165, 1.54) is 0 Å². The van der Waals surface area contributed by atoms with E-state index in [9.17, 15) is 9.90 Å². The number of carboxylic acids is 1. The Morgan fingerprint density at radius 1 is 1.29 bits per heavy atom. The summed E-state index contributed by atoms with van der Waals surface area (Å²) in [6.07, 6.45) is 1.76. The molecule has 1 aromatic heterocycles. The van der Waals surface area contributed by atoms with Crippen molar-refractivity contribution in [2.24, 2.45) is 0 Å². The van der Waals surface area contributed by atoms with Gasteiger partial charge in [0, 0.05) is 37.8 Å². The average Bonchev–Trinajstić information content (AvgIpc) is 2.87. The first-order chi connectivity index (χ1) is 10.2. The van der Waals surface area contributed by atoms with Crippen molar-refractivity contribution in [1.82, 2.24) is 9.47 Å². The predicted octanol–water partition coefficient (Wildman–Crippen LogP) is 1.98. The van der Waals surface area contributed by atoms with Crippen molar-refractivity contribution in [1.29, 1.82) is 0 Å². The van der Waals surface area contributed by atoms with E-state index < -0.39 is 5.97 Å². The minimum absolute atomic E-state index is 0.385. The third-order valence-electron chi connectivity index (χ3n) is 4.09. The number of aromatic nitrogens is 1. The Kier molecular flexibility index (Phi) is 3.94. The number of ether oxygens (including phenoxy) is 1. The number of carbonyl (C=O) groups is 1. The van der Waals surface area contributed by atoms with Gasteiger partial charge in [0.15, 0.2) is 0 Å². The van der Waals surface area contributed by atoms with E-state index in [-0.39, 0.29) is 0 Å². The molecule has 1 aromatic carbocycles. The van der Waals surface area contributed by atoms with Crippen molar-refractivity contribution < 1.29 is 14.6 Å². The summed E-state index contributed by atoms with van der Waals surface area (Å²) in [5, 5.41) is 10.2. The van der Waals surface area contributed by atoms with E-state index in [4.69, 9.17) is 4.74 Å². The van der Waals surface area contributed by atoms with Crippen LogP contribution in [0, 0.1) is 6.92 Å². The van der Waals surface area contributed by atoms with E-state index in [1.54, 1.807) is 6.20 Å². The molecule has 0 radical (unpaired) electrons. The summed E-state index contributed by atoms with van der Waals surface area (Å²) in [4.78, 5) is 13.8. The zero-order valence-electron chi connectivity index (χ0n) is 12.2. The predicted molar refractivity (Wildman–Crippen MR) is 80.9 cm³/mol. The van der Waals surface area contributed by atoms with E-state index in [0.29, 0.717) is 5.56 Å². The van der Waals surface area contributed by atoms with Gasteiger partial charge < -0.3 is 14.4 Å². The second-order valence-corrected chi connectivity index (χ2v) is 5.47. The molecule has 1 aliphatic heterocycles. The molecule has 1 saturated heterocycles. The number of rotatable bonds is 4. The van der Waals surface area contributed by atoms with Crippen molar-refractivity contribution in [3.8, 4) is 0 Å². The first kappa shape index (κ1) is 14.1. The molecule has 5 heteroatoms. The standard InChI is InChI=1S/C16H20N2O3/c1-12-3-2-4-13-14(16(19)20)11-18(15(12)13)6-5-17-7-9-21-10-8-17/h2-4,11H,5-10H2,1H3,(H,19,20). The smallest absolute Gasteiger partial charge is 0.337 e. The highest BCUT2D eigenvalue weighted by atomic mass is 16.5. The van der Waals surface area contributed by atoms with E-state index >= 15 is 0 Å². The SMILES string of the molecule is Cc1cccc2c(C(=O)O)cn(CCN3CCOCC3)c12. The van der Waals surface area contributed by atoms with Gasteiger partial charge in [0.25, 0.3) is 0 Å². The topological polar surface area (TPSA) is 54.7 Å². The summed E-state index contributed by atoms with van der Waals surface area (Å²) in [6, 6.07) is 5.83. The molecule has 0 saturated carbocycles. The van der Waals surface area contributed by atoms with Crippen LogP contribution in [0.25, 0.3) is 10.9 Å². The molecule has 0 atom stereocenters. The molecule has 2 heterocycles. The minimum Gasteiger partial charge on any atom is -0.478 e. The van der Waals surface area contributed by atoms with Gasteiger partial charge in [-0.2, -0.15) is 0 Å². The van der Waals surface area contributed by atoms with Crippen LogP contribution in [0.5, 0.6) is 0 Å². The summed E-state index contributed by atoms with van der Waals surface area (Å²) < 4.78 is 7.42. The van der Waals surface area contributed by atoms with Crippen LogP contribution < -0.4 is 0 Å². The van der Waals surface area contributed by atoms with Gasteiger partial charge in [-0.05, 0) is 12.5 Å². The van der Waals surface area contributed by atoms with Gasteiger partial charge in [0.1, 0.15) is 0 Å². The Morgan fingerprint density at radius 3 is 2.76 bits per heavy atom. The van der Waals surface area contributed by atoms with Crippen LogP contribution in [0.15, 0.2) is 24.4 Å². The second-order valence-electron chi connectivity index (χ2n) is 5.47. The highest BCUT2D eigenvalue weighted by molar-refractivity contribution is 6.04. The Balaban J connectivity index is 1.88. The lowest BCUT2D eigenvalue weighted by Gasteiger charge is -2.26. The van der Waals surface area contributed by atoms with Crippen LogP contribution in [-0.2, 0) is 11.3 Å². The van der Waals surface area contributed by atoms with Crippen molar-refractivity contribution in [3.05, 3.63) is 35.5 Å². The summed E-state index contributed by atoms with van der Waals surface area (Å²) in [5.74, 6) is -0.865. The van der Waals surface area contributed by atoms with Crippen molar-refractivity contribution in [3.63, 3.8) is 0 Å². The molecular formula is C16H20N2O3. The maximum Gasteiger partial charge on any atom is 0.337 e. The fourth-order valence-corrected chi connectivity index (χ4v) is 2.97. The van der Waals surface area contributed by atoms with Crippen molar-refractivity contribution in [2.45, 2.75) is 13.5 Å². The molecular weight excluding hydrogens is 268 g/mol. The molecule has 1 aliphatic rings. The van der Waals surface area contributed by atoms with Crippen LogP contribution in [0.4, 0.5) is 0 Å². The van der Waals surface area contributed by atoms with E-state index in [2.05, 4.69) is 9.47 Å². The molecule has 0 unspecified atom stereocenters. The number of nitrogens with zero attached hydrogens (tertiary/aromatic N) is 2. The maximum absolute atomic E-state index is 11.4. The Bertz CT molecular complexity index is 657. The lowest BCUT2D eigenvalue weighted by molar-refractivity contribution is 0.0365. The van der Waals surface area contributed by atoms with Gasteiger partial charge >= 0.3 is 5.97 Å². The third-order valence-corrected chi connectivity index (χ3v) is 4.09. The molecule has 1 N–H and O–H groups in total. The number of para-hydroxylation sites is 1. The van der Waals surface area contributed by atoms with Gasteiger partial charge in [-0.25, -0.2) is 4.79 Å². The Hall–Kier alpha value is -1.85. The van der Waals surface area contributed by atoms with Gasteiger partial charge in [0.05, 0.1) is 24.3 Å². The number of benzene rings is 1. The van der Waals surface area contributed by atoms with Gasteiger partial charge in [-0.3, -0.25) is 4.90 Å². The zero-order valence-corrected chi connectivity index (χ0v) is 12.2. The monoisotopic (exact) mass is 288 g/mol.